The van der Waals surface area contributed by atoms with Crippen LogP contribution in [0.2, 0.25) is 0 Å². The summed E-state index contributed by atoms with van der Waals surface area (Å²) in [6, 6.07) is 5.93. The molecule has 13 heteroatoms. The molecule has 0 radical (unpaired) electrons. The molecule has 0 amide bonds. The second kappa shape index (κ2) is 8.70. The van der Waals surface area contributed by atoms with Gasteiger partial charge in [-0.15, -0.1) is 0 Å². The van der Waals surface area contributed by atoms with Crippen LogP contribution in [-0.2, 0) is 33.2 Å². The minimum absolute atomic E-state index is 0.556. The van der Waals surface area contributed by atoms with E-state index in [1.165, 1.54) is 36.8 Å². The molecule has 27 heavy (non-hydrogen) atoms. The second-order valence-corrected chi connectivity index (χ2v) is 8.82. The Kier molecular flexibility index (Phi) is 7.60. The van der Waals surface area contributed by atoms with Crippen molar-refractivity contribution in [2.24, 2.45) is 0 Å². The molecule has 1 atom stereocenters. The fraction of sp³-hybridized carbons (Fsp3) is 0.500. The Bertz CT molecular complexity index is 791. The molecule has 0 saturated carbocycles. The molecule has 0 fully saturated rings. The standard InChI is InChI=1S/C14H19F3NO7PS/c1-4-24-26(20,25-5-2)13(12(19)23-3,14(15,16)17)18-27(21,22)11-9-7-6-8-10-11/h6-10,18H,4-5H2,1-3H3. The van der Waals surface area contributed by atoms with Crippen LogP contribution < -0.4 is 4.72 Å². The molecular weight excluding hydrogens is 414 g/mol. The predicted octanol–water partition coefficient (Wildman–Crippen LogP) is 2.66. The lowest BCUT2D eigenvalue weighted by molar-refractivity contribution is -0.193. The highest BCUT2D eigenvalue weighted by atomic mass is 32.2. The quantitative estimate of drug-likeness (QED) is 0.471. The van der Waals surface area contributed by atoms with Crippen molar-refractivity contribution in [1.29, 1.82) is 0 Å². The van der Waals surface area contributed by atoms with Crippen molar-refractivity contribution >= 4 is 23.6 Å². The number of halogens is 3. The maximum atomic E-state index is 14.0. The third-order valence-corrected chi connectivity index (χ3v) is 7.42. The average Bonchev–Trinajstić information content (AvgIpc) is 2.59. The van der Waals surface area contributed by atoms with Crippen LogP contribution in [-0.4, -0.2) is 46.2 Å². The molecule has 1 aromatic carbocycles. The number of hydrogen-bond acceptors (Lipinski definition) is 7. The summed E-state index contributed by atoms with van der Waals surface area (Å²) >= 11 is 0. The summed E-state index contributed by atoms with van der Waals surface area (Å²) in [5, 5.41) is -4.30. The lowest BCUT2D eigenvalue weighted by Gasteiger charge is -2.37. The number of carbonyl (C=O) groups excluding carboxylic acids is 1. The Labute approximate surface area is 154 Å². The Morgan fingerprint density at radius 1 is 1.11 bits per heavy atom. The average molecular weight is 433 g/mol. The maximum Gasteiger partial charge on any atom is 0.430 e. The second-order valence-electron chi connectivity index (χ2n) is 4.95. The Morgan fingerprint density at radius 3 is 1.96 bits per heavy atom. The number of benzene rings is 1. The monoisotopic (exact) mass is 433 g/mol. The topological polar surface area (TPSA) is 108 Å². The number of rotatable bonds is 9. The van der Waals surface area contributed by atoms with E-state index in [1.54, 1.807) is 0 Å². The molecule has 0 saturated heterocycles. The number of alkyl halides is 3. The van der Waals surface area contributed by atoms with Crippen molar-refractivity contribution in [3.8, 4) is 0 Å². The molecule has 0 aliphatic carbocycles. The van der Waals surface area contributed by atoms with E-state index in [-0.39, 0.29) is 0 Å². The zero-order valence-corrected chi connectivity index (χ0v) is 16.4. The number of ether oxygens (including phenoxy) is 1. The van der Waals surface area contributed by atoms with Gasteiger partial charge in [0.25, 0.3) is 0 Å². The van der Waals surface area contributed by atoms with Gasteiger partial charge in [0.05, 0.1) is 25.2 Å². The van der Waals surface area contributed by atoms with Gasteiger partial charge in [-0.2, -0.15) is 17.9 Å². The lowest BCUT2D eigenvalue weighted by atomic mass is 10.3. The fourth-order valence-corrected chi connectivity index (χ4v) is 5.91. The zero-order valence-electron chi connectivity index (χ0n) is 14.6. The molecule has 1 aromatic rings. The highest BCUT2D eigenvalue weighted by Gasteiger charge is 2.76. The van der Waals surface area contributed by atoms with Gasteiger partial charge in [-0.1, -0.05) is 18.2 Å². The molecular formula is C14H19F3NO7PS. The molecule has 8 nitrogen and oxygen atoms in total. The maximum absolute atomic E-state index is 14.0. The molecule has 0 aliphatic heterocycles. The number of esters is 1. The van der Waals surface area contributed by atoms with Gasteiger partial charge in [0, 0.05) is 0 Å². The van der Waals surface area contributed by atoms with Crippen LogP contribution >= 0.6 is 7.60 Å². The Morgan fingerprint density at radius 2 is 1.59 bits per heavy atom. The van der Waals surface area contributed by atoms with E-state index < -0.39 is 53.2 Å². The van der Waals surface area contributed by atoms with Gasteiger partial charge in [0.2, 0.25) is 10.0 Å². The van der Waals surface area contributed by atoms with Gasteiger partial charge in [-0.25, -0.2) is 13.2 Å². The van der Waals surface area contributed by atoms with E-state index in [9.17, 15) is 30.9 Å². The minimum atomic E-state index is -5.72. The fourth-order valence-electron chi connectivity index (χ4n) is 2.11. The highest BCUT2D eigenvalue weighted by molar-refractivity contribution is 7.90. The smallest absolute Gasteiger partial charge is 0.430 e. The van der Waals surface area contributed by atoms with Gasteiger partial charge in [0.15, 0.2) is 0 Å². The SMILES string of the molecule is CCOP(=O)(OCC)C(NS(=O)(=O)c1ccccc1)(C(=O)OC)C(F)(F)F. The molecule has 1 N–H and O–H groups in total. The van der Waals surface area contributed by atoms with Crippen LogP contribution in [0.3, 0.4) is 0 Å². The first kappa shape index (κ1) is 23.6. The van der Waals surface area contributed by atoms with Crippen molar-refractivity contribution in [1.82, 2.24) is 4.72 Å². The summed E-state index contributed by atoms with van der Waals surface area (Å²) in [6.07, 6.45) is -5.72. The molecule has 154 valence electrons. The van der Waals surface area contributed by atoms with Gasteiger partial charge < -0.3 is 13.8 Å². The van der Waals surface area contributed by atoms with Crippen LogP contribution in [0.15, 0.2) is 35.2 Å². The van der Waals surface area contributed by atoms with Crippen LogP contribution in [0.25, 0.3) is 0 Å². The van der Waals surface area contributed by atoms with Gasteiger partial charge in [0.1, 0.15) is 0 Å². The minimum Gasteiger partial charge on any atom is -0.467 e. The van der Waals surface area contributed by atoms with E-state index in [0.717, 1.165) is 12.1 Å². The van der Waals surface area contributed by atoms with Crippen molar-refractivity contribution in [3.05, 3.63) is 30.3 Å². The van der Waals surface area contributed by atoms with Gasteiger partial charge in [-0.05, 0) is 26.0 Å². The van der Waals surface area contributed by atoms with Crippen molar-refractivity contribution < 1.29 is 44.7 Å². The number of sulfonamides is 1. The number of methoxy groups -OCH3 is 1. The summed E-state index contributed by atoms with van der Waals surface area (Å²) < 4.78 is 94.8. The third-order valence-electron chi connectivity index (χ3n) is 3.24. The van der Waals surface area contributed by atoms with Crippen LogP contribution in [0.5, 0.6) is 0 Å². The highest BCUT2D eigenvalue weighted by Crippen LogP contribution is 2.65. The number of carbonyl (C=O) groups is 1. The lowest BCUT2D eigenvalue weighted by Crippen LogP contribution is -2.64. The van der Waals surface area contributed by atoms with E-state index in [0.29, 0.717) is 7.11 Å². The molecule has 1 unspecified atom stereocenters. The van der Waals surface area contributed by atoms with E-state index in [2.05, 4.69) is 13.8 Å². The Hall–Kier alpha value is -1.46. The van der Waals surface area contributed by atoms with Crippen LogP contribution in [0.4, 0.5) is 13.2 Å². The Balaban J connectivity index is 3.78. The van der Waals surface area contributed by atoms with E-state index in [4.69, 9.17) is 0 Å². The summed E-state index contributed by atoms with van der Waals surface area (Å²) in [7, 11) is -9.86. The van der Waals surface area contributed by atoms with Crippen molar-refractivity contribution in [2.75, 3.05) is 20.3 Å². The predicted molar refractivity (Wildman–Crippen MR) is 88.4 cm³/mol. The molecule has 0 aliphatic rings. The third kappa shape index (κ3) is 4.52. The van der Waals surface area contributed by atoms with Crippen molar-refractivity contribution in [3.63, 3.8) is 0 Å². The normalized spacial score (nSPS) is 15.2. The molecule has 0 spiro atoms. The summed E-state index contributed by atoms with van der Waals surface area (Å²) in [6.45, 7) is 1.30. The van der Waals surface area contributed by atoms with Crippen LogP contribution in [0.1, 0.15) is 13.8 Å². The first-order valence-corrected chi connectivity index (χ1v) is 10.6. The number of hydrogen-bond donors (Lipinski definition) is 1. The van der Waals surface area contributed by atoms with Crippen LogP contribution in [0, 0.1) is 0 Å². The zero-order chi connectivity index (χ0) is 20.9. The summed E-state index contributed by atoms with van der Waals surface area (Å²) in [4.78, 5) is 11.6. The first-order valence-electron chi connectivity index (χ1n) is 7.55. The van der Waals surface area contributed by atoms with Crippen molar-refractivity contribution in [2.45, 2.75) is 30.2 Å². The molecule has 1 rings (SSSR count). The molecule has 0 heterocycles. The largest absolute Gasteiger partial charge is 0.467 e. The molecule has 0 bridgehead atoms. The van der Waals surface area contributed by atoms with E-state index >= 15 is 0 Å². The molecule has 0 aromatic heterocycles. The summed E-state index contributed by atoms with van der Waals surface area (Å²) in [5.74, 6) is -2.18. The van der Waals surface area contributed by atoms with E-state index in [1.807, 2.05) is 0 Å². The number of nitrogens with one attached hydrogen (secondary N) is 1. The summed E-state index contributed by atoms with van der Waals surface area (Å²) in [5.41, 5.74) is 0. The first-order chi connectivity index (χ1) is 12.4. The van der Waals surface area contributed by atoms with Gasteiger partial charge in [-0.3, -0.25) is 4.57 Å². The van der Waals surface area contributed by atoms with Gasteiger partial charge >= 0.3 is 25.0 Å².